The number of benzene rings is 1. The number of hydrogen-bond donors (Lipinski definition) is 2. The van der Waals surface area contributed by atoms with Gasteiger partial charge in [-0.15, -0.1) is 11.3 Å². The van der Waals surface area contributed by atoms with Crippen LogP contribution in [0.5, 0.6) is 0 Å². The van der Waals surface area contributed by atoms with Gasteiger partial charge in [-0.3, -0.25) is 9.59 Å². The number of thiophene rings is 1. The molecule has 0 unspecified atom stereocenters. The van der Waals surface area contributed by atoms with Crippen LogP contribution in [-0.4, -0.2) is 31.6 Å². The molecule has 2 amide bonds. The first-order chi connectivity index (χ1) is 12.6. The summed E-state index contributed by atoms with van der Waals surface area (Å²) >= 11 is 7.07. The lowest BCUT2D eigenvalue weighted by Crippen LogP contribution is -2.49. The largest absolute Gasteiger partial charge is 0.416 e. The van der Waals surface area contributed by atoms with Crippen LogP contribution < -0.4 is 11.1 Å². The van der Waals surface area contributed by atoms with Crippen molar-refractivity contribution in [3.63, 3.8) is 0 Å². The zero-order chi connectivity index (χ0) is 19.8. The third kappa shape index (κ3) is 3.90. The number of rotatable bonds is 4. The number of carbonyl (C=O) groups is 2. The Morgan fingerprint density at radius 1 is 1.30 bits per heavy atom. The maximum absolute atomic E-state index is 12.9. The molecule has 1 saturated heterocycles. The van der Waals surface area contributed by atoms with E-state index < -0.39 is 29.0 Å². The number of hydrogen-bond acceptors (Lipinski definition) is 4. The van der Waals surface area contributed by atoms with Crippen molar-refractivity contribution in [3.05, 3.63) is 33.7 Å². The van der Waals surface area contributed by atoms with Crippen molar-refractivity contribution in [2.24, 2.45) is 11.1 Å². The monoisotopic (exact) mass is 420 g/mol. The molecule has 0 radical (unpaired) electrons. The fourth-order valence-electron chi connectivity index (χ4n) is 2.99. The Labute approximate surface area is 161 Å². The lowest BCUT2D eigenvalue weighted by atomic mass is 9.79. The van der Waals surface area contributed by atoms with E-state index in [0.29, 0.717) is 31.4 Å². The molecular formula is C17H16ClF3N2O3S. The van der Waals surface area contributed by atoms with Gasteiger partial charge in [-0.05, 0) is 25.0 Å². The number of halogens is 4. The van der Waals surface area contributed by atoms with Crippen LogP contribution in [0.1, 0.15) is 28.1 Å². The molecule has 3 N–H and O–H groups in total. The predicted molar refractivity (Wildman–Crippen MR) is 95.9 cm³/mol. The minimum absolute atomic E-state index is 0.0168. The molecule has 1 aliphatic rings. The minimum Gasteiger partial charge on any atom is -0.381 e. The molecule has 0 spiro atoms. The standard InChI is InChI=1S/C17H16ClF3N2O3S/c18-12-10-2-1-9(17(19,20)21)7-11(10)27-13(12)14(24)23-8-16(15(22)25)3-5-26-6-4-16/h1-2,7H,3-6,8H2,(H2,22,25)(H,23,24). The van der Waals surface area contributed by atoms with Crippen molar-refractivity contribution in [1.82, 2.24) is 5.32 Å². The first kappa shape index (κ1) is 19.9. The third-order valence-corrected chi connectivity index (χ3v) is 6.38. The summed E-state index contributed by atoms with van der Waals surface area (Å²) in [4.78, 5) is 24.5. The van der Waals surface area contributed by atoms with Crippen molar-refractivity contribution < 1.29 is 27.5 Å². The zero-order valence-electron chi connectivity index (χ0n) is 14.0. The molecule has 2 aromatic rings. The highest BCUT2D eigenvalue weighted by molar-refractivity contribution is 7.21. The van der Waals surface area contributed by atoms with Gasteiger partial charge in [0.25, 0.3) is 5.91 Å². The van der Waals surface area contributed by atoms with E-state index in [9.17, 15) is 22.8 Å². The van der Waals surface area contributed by atoms with Crippen LogP contribution in [0.4, 0.5) is 13.2 Å². The Kier molecular flexibility index (Phi) is 5.38. The number of carbonyl (C=O) groups excluding carboxylic acids is 2. The van der Waals surface area contributed by atoms with E-state index in [1.807, 2.05) is 0 Å². The molecule has 5 nitrogen and oxygen atoms in total. The highest BCUT2D eigenvalue weighted by Crippen LogP contribution is 2.39. The van der Waals surface area contributed by atoms with E-state index >= 15 is 0 Å². The van der Waals surface area contributed by atoms with Crippen LogP contribution in [0.15, 0.2) is 18.2 Å². The molecule has 1 aromatic heterocycles. The average Bonchev–Trinajstić information content (AvgIpc) is 2.96. The van der Waals surface area contributed by atoms with Crippen LogP contribution in [-0.2, 0) is 15.7 Å². The minimum atomic E-state index is -4.48. The van der Waals surface area contributed by atoms with E-state index in [1.165, 1.54) is 6.07 Å². The maximum Gasteiger partial charge on any atom is 0.416 e. The van der Waals surface area contributed by atoms with Crippen LogP contribution in [0, 0.1) is 5.41 Å². The molecule has 0 atom stereocenters. The van der Waals surface area contributed by atoms with Crippen molar-refractivity contribution in [2.75, 3.05) is 19.8 Å². The van der Waals surface area contributed by atoms with Crippen molar-refractivity contribution in [2.45, 2.75) is 19.0 Å². The molecule has 0 saturated carbocycles. The summed E-state index contributed by atoms with van der Waals surface area (Å²) in [6.45, 7) is 0.744. The van der Waals surface area contributed by atoms with E-state index in [0.717, 1.165) is 23.5 Å². The van der Waals surface area contributed by atoms with E-state index in [2.05, 4.69) is 5.32 Å². The summed E-state index contributed by atoms with van der Waals surface area (Å²) in [5.41, 5.74) is 3.79. The van der Waals surface area contributed by atoms with E-state index in [4.69, 9.17) is 22.1 Å². The number of nitrogens with two attached hydrogens (primary N) is 1. The quantitative estimate of drug-likeness (QED) is 0.793. The first-order valence-corrected chi connectivity index (χ1v) is 9.29. The van der Waals surface area contributed by atoms with E-state index in [1.54, 1.807) is 0 Å². The van der Waals surface area contributed by atoms with Gasteiger partial charge in [0.2, 0.25) is 5.91 Å². The normalized spacial score (nSPS) is 17.0. The SMILES string of the molecule is NC(=O)C1(CNC(=O)c2sc3cc(C(F)(F)F)ccc3c2Cl)CCOCC1. The Balaban J connectivity index is 1.83. The highest BCUT2D eigenvalue weighted by Gasteiger charge is 2.39. The molecule has 27 heavy (non-hydrogen) atoms. The molecular weight excluding hydrogens is 405 g/mol. The van der Waals surface area contributed by atoms with Crippen molar-refractivity contribution in [3.8, 4) is 0 Å². The van der Waals surface area contributed by atoms with Gasteiger partial charge in [-0.2, -0.15) is 13.2 Å². The van der Waals surface area contributed by atoms with Gasteiger partial charge in [0.05, 0.1) is 16.0 Å². The Morgan fingerprint density at radius 2 is 1.96 bits per heavy atom. The second kappa shape index (κ2) is 7.29. The Hall–Kier alpha value is -1.84. The number of nitrogens with one attached hydrogen (secondary N) is 1. The molecule has 0 aliphatic carbocycles. The molecule has 1 fully saturated rings. The topological polar surface area (TPSA) is 81.4 Å². The lowest BCUT2D eigenvalue weighted by molar-refractivity contribution is -0.137. The van der Waals surface area contributed by atoms with Crippen molar-refractivity contribution >= 4 is 44.8 Å². The summed E-state index contributed by atoms with van der Waals surface area (Å²) in [6, 6.07) is 3.13. The number of fused-ring (bicyclic) bond motifs is 1. The van der Waals surface area contributed by atoms with Crippen molar-refractivity contribution in [1.29, 1.82) is 0 Å². The molecule has 3 rings (SSSR count). The van der Waals surface area contributed by atoms with E-state index in [-0.39, 0.29) is 21.1 Å². The van der Waals surface area contributed by atoms with Gasteiger partial charge < -0.3 is 15.8 Å². The Bertz CT molecular complexity index is 891. The molecule has 146 valence electrons. The van der Waals surface area contributed by atoms with Gasteiger partial charge in [0.15, 0.2) is 0 Å². The van der Waals surface area contributed by atoms with Gasteiger partial charge >= 0.3 is 6.18 Å². The third-order valence-electron chi connectivity index (χ3n) is 4.72. The summed E-state index contributed by atoms with van der Waals surface area (Å²) in [5.74, 6) is -1.08. The molecule has 0 bridgehead atoms. The van der Waals surface area contributed by atoms with Gasteiger partial charge in [-0.1, -0.05) is 17.7 Å². The van der Waals surface area contributed by atoms with Crippen LogP contribution in [0.3, 0.4) is 0 Å². The average molecular weight is 421 g/mol. The van der Waals surface area contributed by atoms with Crippen LogP contribution in [0.25, 0.3) is 10.1 Å². The number of primary amides is 1. The zero-order valence-corrected chi connectivity index (χ0v) is 15.6. The lowest BCUT2D eigenvalue weighted by Gasteiger charge is -2.34. The molecule has 10 heteroatoms. The number of ether oxygens (including phenoxy) is 1. The molecule has 1 aromatic carbocycles. The summed E-state index contributed by atoms with van der Waals surface area (Å²) < 4.78 is 44.1. The van der Waals surface area contributed by atoms with Gasteiger partial charge in [-0.25, -0.2) is 0 Å². The second-order valence-electron chi connectivity index (χ2n) is 6.39. The molecule has 2 heterocycles. The number of amides is 2. The van der Waals surface area contributed by atoms with Gasteiger partial charge in [0, 0.05) is 29.8 Å². The smallest absolute Gasteiger partial charge is 0.381 e. The maximum atomic E-state index is 12.9. The van der Waals surface area contributed by atoms with Crippen LogP contribution in [0.2, 0.25) is 5.02 Å². The second-order valence-corrected chi connectivity index (χ2v) is 7.82. The summed E-state index contributed by atoms with van der Waals surface area (Å²) in [6.07, 6.45) is -3.71. The number of alkyl halides is 3. The predicted octanol–water partition coefficient (Wildman–Crippen LogP) is 3.59. The first-order valence-electron chi connectivity index (χ1n) is 8.09. The fraction of sp³-hybridized carbons (Fsp3) is 0.412. The molecule has 1 aliphatic heterocycles. The summed E-state index contributed by atoms with van der Waals surface area (Å²) in [7, 11) is 0. The summed E-state index contributed by atoms with van der Waals surface area (Å²) in [5, 5.41) is 3.10. The van der Waals surface area contributed by atoms with Crippen LogP contribution >= 0.6 is 22.9 Å². The highest BCUT2D eigenvalue weighted by atomic mass is 35.5. The Morgan fingerprint density at radius 3 is 2.56 bits per heavy atom. The van der Waals surface area contributed by atoms with Gasteiger partial charge in [0.1, 0.15) is 4.88 Å². The fourth-order valence-corrected chi connectivity index (χ4v) is 4.46.